The molecule has 1 saturated heterocycles. The molecule has 1 aromatic carbocycles. The van der Waals surface area contributed by atoms with E-state index in [1.165, 1.54) is 24.3 Å². The van der Waals surface area contributed by atoms with Gasteiger partial charge >= 0.3 is 0 Å². The van der Waals surface area contributed by atoms with Crippen molar-refractivity contribution in [3.05, 3.63) is 30.1 Å². The highest BCUT2D eigenvalue weighted by Crippen LogP contribution is 2.11. The summed E-state index contributed by atoms with van der Waals surface area (Å²) < 4.78 is 12.7. The van der Waals surface area contributed by atoms with Gasteiger partial charge in [0.25, 0.3) is 0 Å². The molecule has 3 N–H and O–H groups in total. The van der Waals surface area contributed by atoms with Crippen LogP contribution in [0.5, 0.6) is 0 Å². The second kappa shape index (κ2) is 5.43. The monoisotopic (exact) mass is 254 g/mol. The first-order chi connectivity index (χ1) is 8.54. The van der Waals surface area contributed by atoms with E-state index in [1.807, 2.05) is 0 Å². The minimum Gasteiger partial charge on any atom is -0.389 e. The van der Waals surface area contributed by atoms with Crippen molar-refractivity contribution in [1.29, 1.82) is 0 Å². The number of halogens is 1. The summed E-state index contributed by atoms with van der Waals surface area (Å²) >= 11 is 0. The second-order valence-electron chi connectivity index (χ2n) is 4.38. The van der Waals surface area contributed by atoms with E-state index in [4.69, 9.17) is 0 Å². The molecule has 1 fully saturated rings. The summed E-state index contributed by atoms with van der Waals surface area (Å²) in [6.07, 6.45) is -1.60. The number of likely N-dealkylation sites (tertiary alicyclic amines) is 1. The van der Waals surface area contributed by atoms with E-state index in [1.54, 1.807) is 4.90 Å². The zero-order valence-corrected chi connectivity index (χ0v) is 9.71. The summed E-state index contributed by atoms with van der Waals surface area (Å²) in [4.78, 5) is 13.3. The Bertz CT molecular complexity index is 414. The minimum absolute atomic E-state index is 0.0888. The van der Waals surface area contributed by atoms with E-state index in [0.717, 1.165) is 0 Å². The molecule has 6 heteroatoms. The molecule has 1 amide bonds. The maximum Gasteiger partial charge on any atom is 0.238 e. The molecular weight excluding hydrogens is 239 g/mol. The van der Waals surface area contributed by atoms with Crippen LogP contribution in [-0.2, 0) is 4.79 Å². The molecule has 0 spiro atoms. The van der Waals surface area contributed by atoms with Gasteiger partial charge in [-0.2, -0.15) is 0 Å². The molecule has 1 aliphatic heterocycles. The second-order valence-corrected chi connectivity index (χ2v) is 4.38. The number of nitrogens with zero attached hydrogens (tertiary/aromatic N) is 1. The van der Waals surface area contributed by atoms with Crippen molar-refractivity contribution in [2.45, 2.75) is 12.2 Å². The maximum absolute atomic E-state index is 12.7. The van der Waals surface area contributed by atoms with Crippen LogP contribution in [0.25, 0.3) is 0 Å². The van der Waals surface area contributed by atoms with Crippen molar-refractivity contribution < 1.29 is 19.4 Å². The first-order valence-electron chi connectivity index (χ1n) is 5.68. The molecule has 1 aliphatic rings. The molecule has 1 heterocycles. The lowest BCUT2D eigenvalue weighted by atomic mass is 10.3. The summed E-state index contributed by atoms with van der Waals surface area (Å²) in [5.74, 6) is -0.623. The van der Waals surface area contributed by atoms with Crippen LogP contribution in [0, 0.1) is 5.82 Å². The Labute approximate surface area is 104 Å². The number of carbonyl (C=O) groups excluding carboxylic acids is 1. The molecule has 0 unspecified atom stereocenters. The van der Waals surface area contributed by atoms with Crippen molar-refractivity contribution in [2.75, 3.05) is 25.0 Å². The lowest BCUT2D eigenvalue weighted by Crippen LogP contribution is -2.32. The van der Waals surface area contributed by atoms with Crippen LogP contribution >= 0.6 is 0 Å². The van der Waals surface area contributed by atoms with Crippen LogP contribution < -0.4 is 5.32 Å². The summed E-state index contributed by atoms with van der Waals surface area (Å²) in [6, 6.07) is 5.47. The largest absolute Gasteiger partial charge is 0.389 e. The number of hydrogen-bond acceptors (Lipinski definition) is 4. The van der Waals surface area contributed by atoms with Crippen LogP contribution in [0.2, 0.25) is 0 Å². The van der Waals surface area contributed by atoms with Gasteiger partial charge < -0.3 is 15.5 Å². The fraction of sp³-hybridized carbons (Fsp3) is 0.417. The Morgan fingerprint density at radius 3 is 2.39 bits per heavy atom. The van der Waals surface area contributed by atoms with Gasteiger partial charge in [0.2, 0.25) is 5.91 Å². The Kier molecular flexibility index (Phi) is 3.90. The van der Waals surface area contributed by atoms with Crippen LogP contribution in [0.15, 0.2) is 24.3 Å². The summed E-state index contributed by atoms with van der Waals surface area (Å²) in [7, 11) is 0. The normalized spacial score (nSPS) is 24.2. The number of hydrogen-bond donors (Lipinski definition) is 3. The van der Waals surface area contributed by atoms with Gasteiger partial charge in [-0.1, -0.05) is 0 Å². The molecule has 18 heavy (non-hydrogen) atoms. The molecule has 0 aromatic heterocycles. The van der Waals surface area contributed by atoms with Crippen molar-refractivity contribution in [2.24, 2.45) is 0 Å². The Morgan fingerprint density at radius 2 is 1.83 bits per heavy atom. The van der Waals surface area contributed by atoms with Crippen LogP contribution in [0.4, 0.5) is 10.1 Å². The Morgan fingerprint density at radius 1 is 1.28 bits per heavy atom. The van der Waals surface area contributed by atoms with E-state index >= 15 is 0 Å². The minimum atomic E-state index is -0.802. The number of aliphatic hydroxyl groups excluding tert-OH is 2. The molecule has 0 radical (unpaired) electrons. The average Bonchev–Trinajstić information content (AvgIpc) is 2.61. The van der Waals surface area contributed by atoms with Crippen LogP contribution in [-0.4, -0.2) is 52.9 Å². The van der Waals surface area contributed by atoms with Crippen molar-refractivity contribution in [3.63, 3.8) is 0 Å². The van der Waals surface area contributed by atoms with Gasteiger partial charge in [0, 0.05) is 18.8 Å². The zero-order chi connectivity index (χ0) is 13.1. The molecule has 0 bridgehead atoms. The van der Waals surface area contributed by atoms with Gasteiger partial charge in [0.05, 0.1) is 18.8 Å². The third kappa shape index (κ3) is 3.25. The fourth-order valence-corrected chi connectivity index (χ4v) is 1.91. The number of carbonyl (C=O) groups is 1. The number of nitrogens with one attached hydrogen (secondary N) is 1. The van der Waals surface area contributed by atoms with Crippen molar-refractivity contribution in [1.82, 2.24) is 4.90 Å². The summed E-state index contributed by atoms with van der Waals surface area (Å²) in [6.45, 7) is 0.640. The quantitative estimate of drug-likeness (QED) is 0.698. The van der Waals surface area contributed by atoms with Gasteiger partial charge in [-0.3, -0.25) is 9.69 Å². The van der Waals surface area contributed by atoms with Gasteiger partial charge in [-0.25, -0.2) is 4.39 Å². The summed E-state index contributed by atoms with van der Waals surface area (Å²) in [5, 5.41) is 21.3. The van der Waals surface area contributed by atoms with E-state index in [0.29, 0.717) is 5.69 Å². The molecular formula is C12H15FN2O3. The SMILES string of the molecule is O=C(CN1C[C@@H](O)[C@@H](O)C1)Nc1ccc(F)cc1. The predicted octanol–water partition coefficient (Wildman–Crippen LogP) is -0.198. The van der Waals surface area contributed by atoms with Gasteiger partial charge in [0.1, 0.15) is 5.82 Å². The van der Waals surface area contributed by atoms with Gasteiger partial charge in [-0.15, -0.1) is 0 Å². The van der Waals surface area contributed by atoms with E-state index in [9.17, 15) is 19.4 Å². The highest BCUT2D eigenvalue weighted by Gasteiger charge is 2.30. The van der Waals surface area contributed by atoms with Gasteiger partial charge in [0.15, 0.2) is 0 Å². The number of benzene rings is 1. The lowest BCUT2D eigenvalue weighted by Gasteiger charge is -2.14. The van der Waals surface area contributed by atoms with Crippen molar-refractivity contribution in [3.8, 4) is 0 Å². The molecule has 2 rings (SSSR count). The molecule has 98 valence electrons. The molecule has 5 nitrogen and oxygen atoms in total. The van der Waals surface area contributed by atoms with E-state index in [-0.39, 0.29) is 31.4 Å². The number of β-amino-alcohol motifs (C(OH)–C–C–N with tert-alkyl or cyclic N) is 2. The van der Waals surface area contributed by atoms with Gasteiger partial charge in [-0.05, 0) is 24.3 Å². The third-order valence-corrected chi connectivity index (χ3v) is 2.83. The molecule has 1 aromatic rings. The first kappa shape index (κ1) is 12.9. The smallest absolute Gasteiger partial charge is 0.238 e. The van der Waals surface area contributed by atoms with Crippen molar-refractivity contribution >= 4 is 11.6 Å². The number of anilines is 1. The number of aliphatic hydroxyl groups is 2. The fourth-order valence-electron chi connectivity index (χ4n) is 1.91. The number of amides is 1. The number of rotatable bonds is 3. The molecule has 0 saturated carbocycles. The third-order valence-electron chi connectivity index (χ3n) is 2.83. The molecule has 0 aliphatic carbocycles. The van der Waals surface area contributed by atoms with Crippen LogP contribution in [0.1, 0.15) is 0 Å². The van der Waals surface area contributed by atoms with E-state index < -0.39 is 12.2 Å². The Hall–Kier alpha value is -1.50. The van der Waals surface area contributed by atoms with Crippen LogP contribution in [0.3, 0.4) is 0 Å². The Balaban J connectivity index is 1.84. The zero-order valence-electron chi connectivity index (χ0n) is 9.71. The standard InChI is InChI=1S/C12H15FN2O3/c13-8-1-3-9(4-2-8)14-12(18)7-15-5-10(16)11(17)6-15/h1-4,10-11,16-17H,5-7H2,(H,14,18)/t10-,11+. The topological polar surface area (TPSA) is 72.8 Å². The molecule has 2 atom stereocenters. The average molecular weight is 254 g/mol. The predicted molar refractivity (Wildman–Crippen MR) is 63.5 cm³/mol. The van der Waals surface area contributed by atoms with E-state index in [2.05, 4.69) is 5.32 Å². The summed E-state index contributed by atoms with van der Waals surface area (Å²) in [5.41, 5.74) is 0.515. The maximum atomic E-state index is 12.7. The highest BCUT2D eigenvalue weighted by atomic mass is 19.1. The lowest BCUT2D eigenvalue weighted by molar-refractivity contribution is -0.117. The highest BCUT2D eigenvalue weighted by molar-refractivity contribution is 5.92. The first-order valence-corrected chi connectivity index (χ1v) is 5.68.